The van der Waals surface area contributed by atoms with Crippen molar-refractivity contribution in [3.8, 4) is 5.75 Å². The fourth-order valence-electron chi connectivity index (χ4n) is 6.01. The number of aliphatic hydroxyl groups is 1. The summed E-state index contributed by atoms with van der Waals surface area (Å²) in [4.78, 5) is 43.1. The second-order valence-corrected chi connectivity index (χ2v) is 13.9. The van der Waals surface area contributed by atoms with E-state index < -0.39 is 28.2 Å². The molecule has 3 heterocycles. The molecule has 3 N–H and O–H groups in total. The van der Waals surface area contributed by atoms with Gasteiger partial charge in [0.25, 0.3) is 0 Å². The van der Waals surface area contributed by atoms with Crippen LogP contribution in [0.5, 0.6) is 5.75 Å². The molecule has 1 aromatic carbocycles. The predicted octanol–water partition coefficient (Wildman–Crippen LogP) is 3.57. The molecule has 3 aliphatic heterocycles. The highest BCUT2D eigenvalue weighted by atomic mass is 79.9. The summed E-state index contributed by atoms with van der Waals surface area (Å²) >= 11 is 5.43. The van der Waals surface area contributed by atoms with Crippen LogP contribution in [0.1, 0.15) is 53.4 Å². The molecule has 3 fully saturated rings. The number of ether oxygens (including phenoxy) is 1. The molecule has 6 atom stereocenters. The number of amides is 3. The maximum Gasteiger partial charge on any atom is 0.244 e. The Kier molecular flexibility index (Phi) is 8.50. The minimum absolute atomic E-state index is 0.0249. The first-order valence-electron chi connectivity index (χ1n) is 13.1. The maximum atomic E-state index is 14.0. The van der Waals surface area contributed by atoms with Gasteiger partial charge in [-0.2, -0.15) is 0 Å². The average Bonchev–Trinajstić information content (AvgIpc) is 3.40. The number of alkyl halides is 1. The fraction of sp³-hybridized carbons (Fsp3) is 0.667. The molecule has 0 aromatic heterocycles. The number of carbonyl (C=O) groups excluding carboxylic acids is 3. The lowest BCUT2D eigenvalue weighted by Crippen LogP contribution is -2.57. The van der Waals surface area contributed by atoms with Crippen molar-refractivity contribution in [2.45, 2.75) is 79.8 Å². The Bertz CT molecular complexity index is 1020. The van der Waals surface area contributed by atoms with Crippen molar-refractivity contribution >= 4 is 51.1 Å². The van der Waals surface area contributed by atoms with E-state index >= 15 is 0 Å². The zero-order valence-electron chi connectivity index (χ0n) is 22.0. The number of anilines is 1. The van der Waals surface area contributed by atoms with Gasteiger partial charge in [-0.3, -0.25) is 14.4 Å². The number of nitrogens with one attached hydrogen (secondary N) is 2. The number of halogens is 1. The van der Waals surface area contributed by atoms with Gasteiger partial charge in [-0.1, -0.05) is 15.9 Å². The summed E-state index contributed by atoms with van der Waals surface area (Å²) in [6.45, 7) is 8.81. The monoisotopic (exact) mass is 595 g/mol. The second kappa shape index (κ2) is 11.1. The minimum atomic E-state index is -0.664. The molecule has 3 saturated heterocycles. The van der Waals surface area contributed by atoms with Crippen LogP contribution in [-0.4, -0.2) is 73.9 Å². The molecule has 0 saturated carbocycles. The summed E-state index contributed by atoms with van der Waals surface area (Å²) in [7, 11) is 0. The second-order valence-electron chi connectivity index (χ2n) is 11.2. The first-order chi connectivity index (χ1) is 17.5. The normalized spacial score (nSPS) is 30.4. The van der Waals surface area contributed by atoms with Gasteiger partial charge in [0.2, 0.25) is 17.7 Å². The van der Waals surface area contributed by atoms with E-state index in [9.17, 15) is 19.5 Å². The zero-order valence-corrected chi connectivity index (χ0v) is 24.4. The summed E-state index contributed by atoms with van der Waals surface area (Å²) in [6, 6.07) is 6.58. The lowest BCUT2D eigenvalue weighted by Gasteiger charge is -2.36. The Morgan fingerprint density at radius 3 is 2.51 bits per heavy atom. The smallest absolute Gasteiger partial charge is 0.244 e. The largest absolute Gasteiger partial charge is 0.494 e. The van der Waals surface area contributed by atoms with Gasteiger partial charge in [0.05, 0.1) is 23.2 Å². The van der Waals surface area contributed by atoms with Gasteiger partial charge in [-0.05, 0) is 77.6 Å². The number of thioether (sulfide) groups is 1. The maximum absolute atomic E-state index is 14.0. The molecule has 10 heteroatoms. The molecular weight excluding hydrogens is 558 g/mol. The van der Waals surface area contributed by atoms with Gasteiger partial charge >= 0.3 is 0 Å². The number of hydrogen-bond donors (Lipinski definition) is 3. The van der Waals surface area contributed by atoms with Gasteiger partial charge < -0.3 is 25.4 Å². The summed E-state index contributed by atoms with van der Waals surface area (Å²) in [6.07, 6.45) is 2.77. The van der Waals surface area contributed by atoms with E-state index in [1.807, 2.05) is 39.8 Å². The number of unbranched alkanes of at least 4 members (excludes halogenated alkanes) is 2. The van der Waals surface area contributed by atoms with Crippen molar-refractivity contribution in [1.82, 2.24) is 10.2 Å². The van der Waals surface area contributed by atoms with E-state index in [1.54, 1.807) is 28.8 Å². The topological polar surface area (TPSA) is 108 Å². The molecule has 0 radical (unpaired) electrons. The van der Waals surface area contributed by atoms with Crippen molar-refractivity contribution in [3.63, 3.8) is 0 Å². The number of fused-ring (bicyclic) bond motifs is 1. The lowest BCUT2D eigenvalue weighted by atomic mass is 9.70. The summed E-state index contributed by atoms with van der Waals surface area (Å²) in [5.74, 6) is -0.846. The molecule has 1 aromatic rings. The molecule has 2 bridgehead atoms. The Hall–Kier alpha value is -1.78. The van der Waals surface area contributed by atoms with E-state index in [-0.39, 0.29) is 34.4 Å². The molecule has 0 aliphatic carbocycles. The van der Waals surface area contributed by atoms with Gasteiger partial charge in [-0.25, -0.2) is 0 Å². The van der Waals surface area contributed by atoms with Gasteiger partial charge in [0.1, 0.15) is 11.8 Å². The van der Waals surface area contributed by atoms with Crippen molar-refractivity contribution in [2.75, 3.05) is 25.1 Å². The Morgan fingerprint density at radius 1 is 1.19 bits per heavy atom. The molecule has 3 aliphatic rings. The third-order valence-corrected chi connectivity index (χ3v) is 10.5. The van der Waals surface area contributed by atoms with Gasteiger partial charge in [0, 0.05) is 34.5 Å². The number of aliphatic hydroxyl groups excluding tert-OH is 1. The molecule has 37 heavy (non-hydrogen) atoms. The van der Waals surface area contributed by atoms with Crippen molar-refractivity contribution in [1.29, 1.82) is 0 Å². The van der Waals surface area contributed by atoms with Crippen LogP contribution in [0.25, 0.3) is 0 Å². The number of benzene rings is 1. The van der Waals surface area contributed by atoms with E-state index in [4.69, 9.17) is 4.74 Å². The molecule has 4 rings (SSSR count). The van der Waals surface area contributed by atoms with Crippen LogP contribution >= 0.6 is 27.7 Å². The van der Waals surface area contributed by atoms with Gasteiger partial charge in [0.15, 0.2) is 0 Å². The molecule has 1 spiro atoms. The number of likely N-dealkylation sites (tertiary alicyclic amines) is 1. The molecular formula is C27H38BrN3O5S. The highest BCUT2D eigenvalue weighted by Gasteiger charge is 2.75. The highest BCUT2D eigenvalue weighted by molar-refractivity contribution is 9.09. The Morgan fingerprint density at radius 2 is 1.89 bits per heavy atom. The van der Waals surface area contributed by atoms with Crippen molar-refractivity contribution in [3.05, 3.63) is 24.3 Å². The van der Waals surface area contributed by atoms with Crippen molar-refractivity contribution < 1.29 is 24.2 Å². The van der Waals surface area contributed by atoms with E-state index in [0.717, 1.165) is 12.2 Å². The minimum Gasteiger partial charge on any atom is -0.494 e. The fourth-order valence-corrected chi connectivity index (χ4v) is 9.62. The molecule has 8 nitrogen and oxygen atoms in total. The highest BCUT2D eigenvalue weighted by Crippen LogP contribution is 2.67. The summed E-state index contributed by atoms with van der Waals surface area (Å²) < 4.78 is 4.83. The van der Waals surface area contributed by atoms with Crippen LogP contribution < -0.4 is 15.4 Å². The third-order valence-electron chi connectivity index (χ3n) is 7.33. The number of nitrogens with zero attached hydrogens (tertiary/aromatic N) is 1. The number of carbonyl (C=O) groups is 3. The average molecular weight is 597 g/mol. The van der Waals surface area contributed by atoms with Crippen LogP contribution in [0.3, 0.4) is 0 Å². The van der Waals surface area contributed by atoms with E-state index in [0.29, 0.717) is 38.1 Å². The molecule has 204 valence electrons. The Labute approximate surface area is 231 Å². The third kappa shape index (κ3) is 5.52. The van der Waals surface area contributed by atoms with E-state index in [2.05, 4.69) is 26.6 Å². The summed E-state index contributed by atoms with van der Waals surface area (Å²) in [5.41, 5.74) is 0.200. The first kappa shape index (κ1) is 28.2. The van der Waals surface area contributed by atoms with Crippen LogP contribution in [0.2, 0.25) is 0 Å². The quantitative estimate of drug-likeness (QED) is 0.282. The van der Waals surface area contributed by atoms with Crippen LogP contribution in [0.4, 0.5) is 5.69 Å². The molecule has 3 unspecified atom stereocenters. The number of rotatable bonds is 10. The number of hydrogen-bond acceptors (Lipinski definition) is 6. The SMILES string of the molecule is CCOc1ccc(NC(=O)[C@H]2[C@@H]3SC4(CC3Br)C(C(=O)NC(C)(C)C)N(CCCCCO)C(=O)[C@H]24)cc1. The summed E-state index contributed by atoms with van der Waals surface area (Å²) in [5, 5.41) is 15.2. The van der Waals surface area contributed by atoms with Crippen LogP contribution in [0.15, 0.2) is 24.3 Å². The first-order valence-corrected chi connectivity index (χ1v) is 14.9. The van der Waals surface area contributed by atoms with Crippen molar-refractivity contribution in [2.24, 2.45) is 11.8 Å². The standard InChI is InChI=1S/C27H38BrN3O5S/c1-5-36-17-11-9-16(10-12-17)29-23(33)19-20-25(35)31(13-7-6-8-14-32)22(24(34)30-26(2,3)4)27(20)15-18(28)21(19)37-27/h9-12,18-22,32H,5-8,13-15H2,1-4H3,(H,29,33)(H,30,34)/t18?,19-,20+,21-,22?,27?/m1/s1. The molecule has 3 amide bonds. The van der Waals surface area contributed by atoms with E-state index in [1.165, 1.54) is 0 Å². The lowest BCUT2D eigenvalue weighted by molar-refractivity contribution is -0.139. The Balaban J connectivity index is 1.62. The zero-order chi connectivity index (χ0) is 27.0. The predicted molar refractivity (Wildman–Crippen MR) is 149 cm³/mol. The van der Waals surface area contributed by atoms with Crippen LogP contribution in [0, 0.1) is 11.8 Å². The van der Waals surface area contributed by atoms with Gasteiger partial charge in [-0.15, -0.1) is 11.8 Å². The van der Waals surface area contributed by atoms with Crippen LogP contribution in [-0.2, 0) is 14.4 Å².